The molecule has 32 heavy (non-hydrogen) atoms. The van der Waals surface area contributed by atoms with Gasteiger partial charge in [0.05, 0.1) is 16.8 Å². The van der Waals surface area contributed by atoms with E-state index in [1.807, 2.05) is 30.3 Å². The van der Waals surface area contributed by atoms with E-state index in [0.29, 0.717) is 18.2 Å². The Morgan fingerprint density at radius 3 is 2.41 bits per heavy atom. The molecule has 3 N–H and O–H groups in total. The average molecular weight is 455 g/mol. The number of carbonyl (C=O) groups excluding carboxylic acids is 1. The Morgan fingerprint density at radius 1 is 1.06 bits per heavy atom. The molecule has 4 rings (SSSR count). The van der Waals surface area contributed by atoms with E-state index < -0.39 is 10.0 Å². The van der Waals surface area contributed by atoms with Crippen LogP contribution < -0.4 is 10.5 Å². The highest BCUT2D eigenvalue weighted by Gasteiger charge is 2.21. The molecule has 1 aliphatic heterocycles. The summed E-state index contributed by atoms with van der Waals surface area (Å²) in [6, 6.07) is 16.2. The van der Waals surface area contributed by atoms with Gasteiger partial charge in [0, 0.05) is 13.1 Å². The smallest absolute Gasteiger partial charge is 0.273 e. The molecule has 1 saturated heterocycles. The minimum absolute atomic E-state index is 0.125. The highest BCUT2D eigenvalue weighted by atomic mass is 32.2. The number of amides is 1. The van der Waals surface area contributed by atoms with Crippen molar-refractivity contribution in [2.75, 3.05) is 19.6 Å². The molecule has 3 aromatic rings. The number of likely N-dealkylation sites (tertiary alicyclic amines) is 1. The van der Waals surface area contributed by atoms with E-state index in [1.54, 1.807) is 35.1 Å². The zero-order chi connectivity index (χ0) is 22.6. The lowest BCUT2D eigenvalue weighted by molar-refractivity contribution is 0.0930. The molecule has 0 bridgehead atoms. The maximum absolute atomic E-state index is 12.4. The standard InChI is InChI=1S/C22H26N6O3S/c23-32(30,31)20-8-6-18(7-9-20)15-27-12-10-17(11-13-27)14-24-22(29)21-16-28(26-25-21)19-4-2-1-3-5-19/h1-9,16-17H,10-15H2,(H,24,29)(H2,23,30,31). The van der Waals surface area contributed by atoms with E-state index in [-0.39, 0.29) is 10.8 Å². The lowest BCUT2D eigenvalue weighted by atomic mass is 9.96. The number of piperidine rings is 1. The number of sulfonamides is 1. The lowest BCUT2D eigenvalue weighted by Gasteiger charge is -2.32. The molecular weight excluding hydrogens is 428 g/mol. The summed E-state index contributed by atoms with van der Waals surface area (Å²) >= 11 is 0. The largest absolute Gasteiger partial charge is 0.350 e. The van der Waals surface area contributed by atoms with Crippen LogP contribution in [0, 0.1) is 5.92 Å². The van der Waals surface area contributed by atoms with Crippen LogP contribution in [0.4, 0.5) is 0 Å². The molecule has 0 radical (unpaired) electrons. The fraction of sp³-hybridized carbons (Fsp3) is 0.318. The highest BCUT2D eigenvalue weighted by molar-refractivity contribution is 7.89. The van der Waals surface area contributed by atoms with Gasteiger partial charge in [0.15, 0.2) is 5.69 Å². The molecule has 2 heterocycles. The van der Waals surface area contributed by atoms with E-state index in [0.717, 1.165) is 43.7 Å². The van der Waals surface area contributed by atoms with Crippen LogP contribution in [-0.4, -0.2) is 53.9 Å². The molecule has 1 fully saturated rings. The van der Waals surface area contributed by atoms with Crippen LogP contribution in [0.25, 0.3) is 5.69 Å². The number of nitrogens with two attached hydrogens (primary N) is 1. The zero-order valence-corrected chi connectivity index (χ0v) is 18.4. The van der Waals surface area contributed by atoms with Gasteiger partial charge >= 0.3 is 0 Å². The number of hydrogen-bond acceptors (Lipinski definition) is 6. The van der Waals surface area contributed by atoms with Crippen molar-refractivity contribution >= 4 is 15.9 Å². The molecule has 0 unspecified atom stereocenters. The summed E-state index contributed by atoms with van der Waals surface area (Å²) in [5.41, 5.74) is 2.20. The Morgan fingerprint density at radius 2 is 1.75 bits per heavy atom. The van der Waals surface area contributed by atoms with E-state index in [9.17, 15) is 13.2 Å². The second-order valence-electron chi connectivity index (χ2n) is 8.00. The minimum atomic E-state index is -3.66. The first-order valence-corrected chi connectivity index (χ1v) is 12.0. The van der Waals surface area contributed by atoms with Gasteiger partial charge in [0.1, 0.15) is 0 Å². The molecule has 0 atom stereocenters. The van der Waals surface area contributed by atoms with Crippen molar-refractivity contribution in [2.45, 2.75) is 24.3 Å². The SMILES string of the molecule is NS(=O)(=O)c1ccc(CN2CCC(CNC(=O)c3cn(-c4ccccc4)nn3)CC2)cc1. The number of rotatable bonds is 7. The molecule has 10 heteroatoms. The molecule has 1 amide bonds. The molecule has 0 spiro atoms. The summed E-state index contributed by atoms with van der Waals surface area (Å²) in [6.45, 7) is 3.20. The molecule has 1 aromatic heterocycles. The summed E-state index contributed by atoms with van der Waals surface area (Å²) in [4.78, 5) is 14.9. The van der Waals surface area contributed by atoms with Gasteiger partial charge in [-0.15, -0.1) is 5.10 Å². The van der Waals surface area contributed by atoms with Gasteiger partial charge in [0.25, 0.3) is 5.91 Å². The number of primary sulfonamides is 1. The number of nitrogens with one attached hydrogen (secondary N) is 1. The third-order valence-electron chi connectivity index (χ3n) is 5.66. The van der Waals surface area contributed by atoms with Crippen molar-refractivity contribution in [2.24, 2.45) is 11.1 Å². The average Bonchev–Trinajstić information content (AvgIpc) is 3.29. The first-order valence-electron chi connectivity index (χ1n) is 10.5. The van der Waals surface area contributed by atoms with E-state index in [1.165, 1.54) is 0 Å². The molecule has 0 aliphatic carbocycles. The van der Waals surface area contributed by atoms with Crippen LogP contribution in [0.5, 0.6) is 0 Å². The number of para-hydroxylation sites is 1. The van der Waals surface area contributed by atoms with Crippen LogP contribution in [-0.2, 0) is 16.6 Å². The van der Waals surface area contributed by atoms with Gasteiger partial charge in [-0.25, -0.2) is 18.2 Å². The first kappa shape index (κ1) is 22.1. The van der Waals surface area contributed by atoms with Crippen LogP contribution in [0.15, 0.2) is 65.7 Å². The molecule has 2 aromatic carbocycles. The van der Waals surface area contributed by atoms with Gasteiger partial charge in [-0.3, -0.25) is 9.69 Å². The maximum Gasteiger partial charge on any atom is 0.273 e. The Kier molecular flexibility index (Phi) is 6.63. The fourth-order valence-corrected chi connectivity index (χ4v) is 4.31. The van der Waals surface area contributed by atoms with Crippen molar-refractivity contribution in [3.63, 3.8) is 0 Å². The van der Waals surface area contributed by atoms with Crippen molar-refractivity contribution in [1.82, 2.24) is 25.2 Å². The fourth-order valence-electron chi connectivity index (χ4n) is 3.79. The van der Waals surface area contributed by atoms with Crippen molar-refractivity contribution in [1.29, 1.82) is 0 Å². The summed E-state index contributed by atoms with van der Waals surface area (Å²) in [5.74, 6) is 0.189. The second kappa shape index (κ2) is 9.60. The summed E-state index contributed by atoms with van der Waals surface area (Å²) in [7, 11) is -3.66. The van der Waals surface area contributed by atoms with Crippen molar-refractivity contribution in [3.05, 3.63) is 72.1 Å². The van der Waals surface area contributed by atoms with Crippen LogP contribution >= 0.6 is 0 Å². The summed E-state index contributed by atoms with van der Waals surface area (Å²) in [6.07, 6.45) is 3.59. The number of hydrogen-bond donors (Lipinski definition) is 2. The molecule has 168 valence electrons. The molecule has 9 nitrogen and oxygen atoms in total. The van der Waals surface area contributed by atoms with Crippen molar-refractivity contribution < 1.29 is 13.2 Å². The zero-order valence-electron chi connectivity index (χ0n) is 17.6. The van der Waals surface area contributed by atoms with Gasteiger partial charge in [-0.1, -0.05) is 35.5 Å². The van der Waals surface area contributed by atoms with Crippen LogP contribution in [0.3, 0.4) is 0 Å². The Balaban J connectivity index is 1.22. The minimum Gasteiger partial charge on any atom is -0.350 e. The van der Waals surface area contributed by atoms with Crippen LogP contribution in [0.2, 0.25) is 0 Å². The van der Waals surface area contributed by atoms with Gasteiger partial charge in [0.2, 0.25) is 10.0 Å². The summed E-state index contributed by atoms with van der Waals surface area (Å²) < 4.78 is 24.3. The maximum atomic E-state index is 12.4. The van der Waals surface area contributed by atoms with E-state index >= 15 is 0 Å². The Hall–Kier alpha value is -3.08. The van der Waals surface area contributed by atoms with Gasteiger partial charge in [-0.2, -0.15) is 0 Å². The first-order chi connectivity index (χ1) is 15.4. The van der Waals surface area contributed by atoms with Crippen LogP contribution in [0.1, 0.15) is 28.9 Å². The number of aromatic nitrogens is 3. The quantitative estimate of drug-likeness (QED) is 0.558. The normalized spacial score (nSPS) is 15.5. The summed E-state index contributed by atoms with van der Waals surface area (Å²) in [5, 5.41) is 16.1. The van der Waals surface area contributed by atoms with E-state index in [2.05, 4.69) is 20.5 Å². The van der Waals surface area contributed by atoms with E-state index in [4.69, 9.17) is 5.14 Å². The van der Waals surface area contributed by atoms with Gasteiger partial charge < -0.3 is 5.32 Å². The Bertz CT molecular complexity index is 1150. The lowest BCUT2D eigenvalue weighted by Crippen LogP contribution is -2.38. The molecule has 0 saturated carbocycles. The van der Waals surface area contributed by atoms with Crippen molar-refractivity contribution in [3.8, 4) is 5.69 Å². The predicted molar refractivity (Wildman–Crippen MR) is 120 cm³/mol. The topological polar surface area (TPSA) is 123 Å². The monoisotopic (exact) mass is 454 g/mol. The van der Waals surface area contributed by atoms with Gasteiger partial charge in [-0.05, 0) is 61.7 Å². The number of nitrogens with zero attached hydrogens (tertiary/aromatic N) is 4. The molecular formula is C22H26N6O3S. The predicted octanol–water partition coefficient (Wildman–Crippen LogP) is 1.56. The molecule has 1 aliphatic rings. The third kappa shape index (κ3) is 5.58. The Labute approximate surface area is 187 Å². The number of benzene rings is 2. The second-order valence-corrected chi connectivity index (χ2v) is 9.56. The number of carbonyl (C=O) groups is 1. The third-order valence-corrected chi connectivity index (χ3v) is 6.59. The highest BCUT2D eigenvalue weighted by Crippen LogP contribution is 2.19.